The highest BCUT2D eigenvalue weighted by atomic mass is 35.5. The minimum atomic E-state index is -0.379. The molecule has 7 heteroatoms. The molecule has 1 unspecified atom stereocenters. The summed E-state index contributed by atoms with van der Waals surface area (Å²) in [5, 5.41) is 6.08. The molecular weight excluding hydrogens is 303 g/mol. The van der Waals surface area contributed by atoms with Crippen LogP contribution in [0.1, 0.15) is 23.2 Å². The molecule has 1 aromatic rings. The lowest BCUT2D eigenvalue weighted by Crippen LogP contribution is -2.38. The Labute approximate surface area is 126 Å². The molecule has 0 bridgehead atoms. The molecule has 1 aliphatic rings. The van der Waals surface area contributed by atoms with E-state index >= 15 is 0 Å². The van der Waals surface area contributed by atoms with E-state index in [4.69, 9.17) is 27.9 Å². The minimum absolute atomic E-state index is 0.00242. The van der Waals surface area contributed by atoms with Gasteiger partial charge >= 0.3 is 0 Å². The summed E-state index contributed by atoms with van der Waals surface area (Å²) >= 11 is 12.0. The molecule has 1 fully saturated rings. The van der Waals surface area contributed by atoms with E-state index in [9.17, 15) is 9.59 Å². The van der Waals surface area contributed by atoms with Crippen LogP contribution in [0, 0.1) is 0 Å². The fraction of sp³-hybridized carbons (Fsp3) is 0.385. The van der Waals surface area contributed by atoms with E-state index in [2.05, 4.69) is 10.6 Å². The second-order valence-electron chi connectivity index (χ2n) is 4.45. The molecule has 5 nitrogen and oxygen atoms in total. The first kappa shape index (κ1) is 14.9. The van der Waals surface area contributed by atoms with Gasteiger partial charge in [0.05, 0.1) is 17.2 Å². The van der Waals surface area contributed by atoms with Gasteiger partial charge in [0.2, 0.25) is 5.91 Å². The van der Waals surface area contributed by atoms with E-state index in [0.29, 0.717) is 24.4 Å². The maximum atomic E-state index is 12.2. The van der Waals surface area contributed by atoms with Crippen molar-refractivity contribution in [3.8, 4) is 5.75 Å². The van der Waals surface area contributed by atoms with Crippen LogP contribution < -0.4 is 15.4 Å². The first-order valence-electron chi connectivity index (χ1n) is 6.12. The smallest absolute Gasteiger partial charge is 0.256 e. The van der Waals surface area contributed by atoms with E-state index < -0.39 is 0 Å². The third kappa shape index (κ3) is 3.16. The summed E-state index contributed by atoms with van der Waals surface area (Å²) in [5.74, 6) is -0.134. The molecule has 20 heavy (non-hydrogen) atoms. The van der Waals surface area contributed by atoms with Crippen LogP contribution in [0.15, 0.2) is 12.1 Å². The predicted octanol–water partition coefficient (Wildman–Crippen LogP) is 2.01. The highest BCUT2D eigenvalue weighted by Crippen LogP contribution is 2.33. The lowest BCUT2D eigenvalue weighted by atomic mass is 10.1. The van der Waals surface area contributed by atoms with Crippen molar-refractivity contribution in [3.63, 3.8) is 0 Å². The van der Waals surface area contributed by atoms with Gasteiger partial charge in [0.1, 0.15) is 5.56 Å². The Hall–Kier alpha value is -1.46. The van der Waals surface area contributed by atoms with Crippen LogP contribution in [0.25, 0.3) is 0 Å². The van der Waals surface area contributed by atoms with Crippen molar-refractivity contribution >= 4 is 35.0 Å². The lowest BCUT2D eigenvalue weighted by molar-refractivity contribution is -0.119. The molecular formula is C13H14Cl2N2O3. The Morgan fingerprint density at radius 3 is 2.75 bits per heavy atom. The highest BCUT2D eigenvalue weighted by Gasteiger charge is 2.23. The molecule has 1 heterocycles. The number of methoxy groups -OCH3 is 1. The Bertz CT molecular complexity index is 549. The second kappa shape index (κ2) is 6.33. The van der Waals surface area contributed by atoms with E-state index in [1.807, 2.05) is 0 Å². The number of rotatable bonds is 4. The fourth-order valence-corrected chi connectivity index (χ4v) is 2.55. The number of halogens is 2. The number of carbonyl (C=O) groups excluding carboxylic acids is 2. The van der Waals surface area contributed by atoms with Crippen LogP contribution >= 0.6 is 23.2 Å². The number of carbonyl (C=O) groups is 2. The van der Waals surface area contributed by atoms with Gasteiger partial charge in [-0.2, -0.15) is 0 Å². The van der Waals surface area contributed by atoms with Crippen molar-refractivity contribution in [3.05, 3.63) is 27.7 Å². The molecule has 2 amide bonds. The van der Waals surface area contributed by atoms with Crippen molar-refractivity contribution in [2.45, 2.75) is 18.9 Å². The Balaban J connectivity index is 2.09. The number of nitrogens with one attached hydrogen (secondary N) is 2. The minimum Gasteiger partial charge on any atom is -0.494 e. The third-order valence-electron chi connectivity index (χ3n) is 3.08. The summed E-state index contributed by atoms with van der Waals surface area (Å²) in [6.07, 6.45) is 1.20. The average Bonchev–Trinajstić information content (AvgIpc) is 2.84. The molecule has 1 aromatic carbocycles. The van der Waals surface area contributed by atoms with Crippen LogP contribution in [0.3, 0.4) is 0 Å². The monoisotopic (exact) mass is 316 g/mol. The first-order valence-corrected chi connectivity index (χ1v) is 6.88. The van der Waals surface area contributed by atoms with Crippen molar-refractivity contribution in [2.24, 2.45) is 0 Å². The Kier molecular flexibility index (Phi) is 4.73. The van der Waals surface area contributed by atoms with E-state index in [0.717, 1.165) is 0 Å². The molecule has 0 saturated carbocycles. The summed E-state index contributed by atoms with van der Waals surface area (Å²) in [6.45, 7) is 0.344. The number of benzene rings is 1. The quantitative estimate of drug-likeness (QED) is 0.893. The Morgan fingerprint density at radius 2 is 2.15 bits per heavy atom. The first-order chi connectivity index (χ1) is 9.52. The third-order valence-corrected chi connectivity index (χ3v) is 3.70. The molecule has 0 aromatic heterocycles. The highest BCUT2D eigenvalue weighted by molar-refractivity contribution is 6.37. The van der Waals surface area contributed by atoms with Gasteiger partial charge in [-0.15, -0.1) is 0 Å². The van der Waals surface area contributed by atoms with Gasteiger partial charge in [-0.1, -0.05) is 23.2 Å². The van der Waals surface area contributed by atoms with Gasteiger partial charge in [0.15, 0.2) is 5.75 Å². The lowest BCUT2D eigenvalue weighted by Gasteiger charge is -2.14. The summed E-state index contributed by atoms with van der Waals surface area (Å²) < 4.78 is 5.12. The summed E-state index contributed by atoms with van der Waals surface area (Å²) in [5.41, 5.74) is 0.200. The van der Waals surface area contributed by atoms with Gasteiger partial charge in [-0.25, -0.2) is 0 Å². The zero-order chi connectivity index (χ0) is 14.7. The van der Waals surface area contributed by atoms with Crippen LogP contribution in [0.4, 0.5) is 0 Å². The fourth-order valence-electron chi connectivity index (χ4n) is 2.08. The zero-order valence-electron chi connectivity index (χ0n) is 10.8. The van der Waals surface area contributed by atoms with Crippen LogP contribution in [-0.2, 0) is 4.79 Å². The summed E-state index contributed by atoms with van der Waals surface area (Å²) in [4.78, 5) is 23.3. The van der Waals surface area contributed by atoms with Gasteiger partial charge in [-0.05, 0) is 18.6 Å². The summed E-state index contributed by atoms with van der Waals surface area (Å²) in [7, 11) is 1.42. The zero-order valence-corrected chi connectivity index (χ0v) is 12.3. The van der Waals surface area contributed by atoms with Crippen molar-refractivity contribution in [1.82, 2.24) is 10.6 Å². The van der Waals surface area contributed by atoms with Gasteiger partial charge < -0.3 is 15.4 Å². The van der Waals surface area contributed by atoms with E-state index in [-0.39, 0.29) is 34.2 Å². The second-order valence-corrected chi connectivity index (χ2v) is 5.26. The molecule has 2 N–H and O–H groups in total. The predicted molar refractivity (Wildman–Crippen MR) is 76.5 cm³/mol. The maximum Gasteiger partial charge on any atom is 0.256 e. The molecule has 1 atom stereocenters. The largest absolute Gasteiger partial charge is 0.494 e. The van der Waals surface area contributed by atoms with Crippen LogP contribution in [0.5, 0.6) is 5.75 Å². The standard InChI is InChI=1S/C13H14Cl2N2O3/c1-20-12-9(15)4-3-8(14)11(12)13(19)16-6-7-2-5-10(18)17-7/h3-4,7H,2,5-6H2,1H3,(H,16,19)(H,17,18). The summed E-state index contributed by atoms with van der Waals surface area (Å²) in [6, 6.07) is 3.06. The Morgan fingerprint density at radius 1 is 1.45 bits per heavy atom. The van der Waals surface area contributed by atoms with E-state index in [1.165, 1.54) is 7.11 Å². The topological polar surface area (TPSA) is 67.4 Å². The maximum absolute atomic E-state index is 12.2. The average molecular weight is 317 g/mol. The number of amides is 2. The van der Waals surface area contributed by atoms with Crippen molar-refractivity contribution in [2.75, 3.05) is 13.7 Å². The molecule has 0 spiro atoms. The van der Waals surface area contributed by atoms with E-state index in [1.54, 1.807) is 12.1 Å². The molecule has 1 aliphatic heterocycles. The normalized spacial score (nSPS) is 17.8. The molecule has 108 valence electrons. The van der Waals surface area contributed by atoms with Gasteiger partial charge in [0.25, 0.3) is 5.91 Å². The molecule has 2 rings (SSSR count). The number of hydrogen-bond donors (Lipinski definition) is 2. The van der Waals surface area contributed by atoms with Crippen molar-refractivity contribution < 1.29 is 14.3 Å². The number of hydrogen-bond acceptors (Lipinski definition) is 3. The molecule has 1 saturated heterocycles. The van der Waals surface area contributed by atoms with Gasteiger partial charge in [0, 0.05) is 19.0 Å². The van der Waals surface area contributed by atoms with Gasteiger partial charge in [-0.3, -0.25) is 9.59 Å². The molecule has 0 aliphatic carbocycles. The van der Waals surface area contributed by atoms with Crippen LogP contribution in [-0.4, -0.2) is 31.5 Å². The number of ether oxygens (including phenoxy) is 1. The van der Waals surface area contributed by atoms with Crippen LogP contribution in [0.2, 0.25) is 10.0 Å². The van der Waals surface area contributed by atoms with Crippen molar-refractivity contribution in [1.29, 1.82) is 0 Å². The molecule has 0 radical (unpaired) electrons. The SMILES string of the molecule is COc1c(Cl)ccc(Cl)c1C(=O)NCC1CCC(=O)N1.